The first-order valence-electron chi connectivity index (χ1n) is 5.95. The van der Waals surface area contributed by atoms with Crippen molar-refractivity contribution in [2.75, 3.05) is 7.11 Å². The summed E-state index contributed by atoms with van der Waals surface area (Å²) in [6.07, 6.45) is 0. The monoisotopic (exact) mass is 275 g/mol. The van der Waals surface area contributed by atoms with Crippen molar-refractivity contribution in [3.63, 3.8) is 0 Å². The summed E-state index contributed by atoms with van der Waals surface area (Å²) in [6.45, 7) is 1.62. The molecular weight excluding hydrogens is 260 g/mol. The van der Waals surface area contributed by atoms with Gasteiger partial charge in [0, 0.05) is 12.7 Å². The highest BCUT2D eigenvalue weighted by Crippen LogP contribution is 2.32. The zero-order valence-corrected chi connectivity index (χ0v) is 11.3. The first-order valence-corrected chi connectivity index (χ1v) is 5.95. The molecule has 20 heavy (non-hydrogen) atoms. The molecule has 0 aliphatic heterocycles. The number of nitrogens with zero attached hydrogens (tertiary/aromatic N) is 1. The minimum atomic E-state index is -1.13. The summed E-state index contributed by atoms with van der Waals surface area (Å²) >= 11 is 0. The van der Waals surface area contributed by atoms with Gasteiger partial charge in [-0.2, -0.15) is 5.26 Å². The Morgan fingerprint density at radius 1 is 1.00 bits per heavy atom. The maximum Gasteiger partial charge on any atom is 0.128 e. The van der Waals surface area contributed by atoms with Crippen molar-refractivity contribution in [3.05, 3.63) is 71.3 Å². The molecule has 0 amide bonds. The Morgan fingerprint density at radius 3 is 2.05 bits per heavy atom. The van der Waals surface area contributed by atoms with Crippen LogP contribution in [0.2, 0.25) is 0 Å². The summed E-state index contributed by atoms with van der Waals surface area (Å²) in [6, 6.07) is 13.8. The Kier molecular flexibility index (Phi) is 5.36. The molecule has 2 aromatic carbocycles. The van der Waals surface area contributed by atoms with Crippen molar-refractivity contribution in [2.45, 2.75) is 12.3 Å². The topological polar surface area (TPSA) is 44.0 Å². The van der Waals surface area contributed by atoms with Gasteiger partial charge in [0.1, 0.15) is 17.0 Å². The number of hydrogen-bond acceptors (Lipinski definition) is 2. The van der Waals surface area contributed by atoms with E-state index in [0.717, 1.165) is 7.11 Å². The lowest BCUT2D eigenvalue weighted by atomic mass is 9.77. The number of aliphatic hydroxyl groups excluding tert-OH is 1. The van der Waals surface area contributed by atoms with Crippen LogP contribution < -0.4 is 0 Å². The standard InChI is InChI=1S/C15H11F2N.CH4O/c1-15(10-18,11-6-8-12(16)9-7-11)13-4-2-3-5-14(13)17;1-2/h2-9H,1H3;2H,1H3. The molecule has 0 heterocycles. The lowest BCUT2D eigenvalue weighted by molar-refractivity contribution is 0.399. The van der Waals surface area contributed by atoms with Crippen LogP contribution in [-0.2, 0) is 5.41 Å². The third kappa shape index (κ3) is 3.01. The summed E-state index contributed by atoms with van der Waals surface area (Å²) in [4.78, 5) is 0. The van der Waals surface area contributed by atoms with Gasteiger partial charge in [-0.3, -0.25) is 0 Å². The molecule has 0 aromatic heterocycles. The van der Waals surface area contributed by atoms with Gasteiger partial charge >= 0.3 is 0 Å². The van der Waals surface area contributed by atoms with Crippen LogP contribution in [0.4, 0.5) is 8.78 Å². The third-order valence-electron chi connectivity index (χ3n) is 3.06. The highest BCUT2D eigenvalue weighted by molar-refractivity contribution is 5.45. The summed E-state index contributed by atoms with van der Waals surface area (Å²) in [7, 11) is 1.00. The molecule has 0 saturated carbocycles. The lowest BCUT2D eigenvalue weighted by Crippen LogP contribution is -2.22. The van der Waals surface area contributed by atoms with E-state index in [-0.39, 0.29) is 5.82 Å². The Balaban J connectivity index is 0.000000956. The van der Waals surface area contributed by atoms with E-state index in [1.807, 2.05) is 0 Å². The maximum absolute atomic E-state index is 13.8. The molecule has 104 valence electrons. The summed E-state index contributed by atoms with van der Waals surface area (Å²) in [5, 5.41) is 16.4. The number of halogens is 2. The van der Waals surface area contributed by atoms with E-state index in [4.69, 9.17) is 5.11 Å². The van der Waals surface area contributed by atoms with Crippen LogP contribution in [0.5, 0.6) is 0 Å². The Labute approximate surface area is 116 Å². The average Bonchev–Trinajstić information content (AvgIpc) is 2.50. The van der Waals surface area contributed by atoms with Gasteiger partial charge in [-0.15, -0.1) is 0 Å². The van der Waals surface area contributed by atoms with Crippen LogP contribution >= 0.6 is 0 Å². The van der Waals surface area contributed by atoms with Crippen molar-refractivity contribution in [3.8, 4) is 6.07 Å². The van der Waals surface area contributed by atoms with Crippen LogP contribution in [0.3, 0.4) is 0 Å². The second-order valence-electron chi connectivity index (χ2n) is 4.22. The largest absolute Gasteiger partial charge is 0.400 e. The molecule has 0 spiro atoms. The fourth-order valence-corrected chi connectivity index (χ4v) is 1.93. The molecule has 0 bridgehead atoms. The maximum atomic E-state index is 13.8. The molecular formula is C16H15F2NO. The summed E-state index contributed by atoms with van der Waals surface area (Å²) in [5.74, 6) is -0.821. The molecule has 0 aliphatic rings. The molecule has 1 atom stereocenters. The number of nitriles is 1. The number of hydrogen-bond donors (Lipinski definition) is 1. The van der Waals surface area contributed by atoms with E-state index in [9.17, 15) is 14.0 Å². The quantitative estimate of drug-likeness (QED) is 0.912. The Morgan fingerprint density at radius 2 is 1.55 bits per heavy atom. The second-order valence-corrected chi connectivity index (χ2v) is 4.22. The van der Waals surface area contributed by atoms with E-state index in [2.05, 4.69) is 6.07 Å². The summed E-state index contributed by atoms with van der Waals surface area (Å²) < 4.78 is 26.7. The molecule has 2 rings (SSSR count). The minimum absolute atomic E-state index is 0.291. The van der Waals surface area contributed by atoms with E-state index < -0.39 is 11.2 Å². The van der Waals surface area contributed by atoms with Gasteiger partial charge in [-0.25, -0.2) is 8.78 Å². The SMILES string of the molecule is CC(C#N)(c1ccc(F)cc1)c1ccccc1F.CO. The van der Waals surface area contributed by atoms with Crippen LogP contribution in [0.1, 0.15) is 18.1 Å². The van der Waals surface area contributed by atoms with Gasteiger partial charge in [0.25, 0.3) is 0 Å². The van der Waals surface area contributed by atoms with Gasteiger partial charge in [-0.1, -0.05) is 30.3 Å². The van der Waals surface area contributed by atoms with Crippen LogP contribution in [0, 0.1) is 23.0 Å². The van der Waals surface area contributed by atoms with Crippen molar-refractivity contribution >= 4 is 0 Å². The molecule has 2 aromatic rings. The fourth-order valence-electron chi connectivity index (χ4n) is 1.93. The van der Waals surface area contributed by atoms with Gasteiger partial charge in [-0.05, 0) is 30.7 Å². The van der Waals surface area contributed by atoms with Crippen LogP contribution in [-0.4, -0.2) is 12.2 Å². The third-order valence-corrected chi connectivity index (χ3v) is 3.06. The van der Waals surface area contributed by atoms with E-state index in [1.54, 1.807) is 25.1 Å². The smallest absolute Gasteiger partial charge is 0.128 e. The zero-order valence-electron chi connectivity index (χ0n) is 11.3. The Bertz CT molecular complexity index is 605. The van der Waals surface area contributed by atoms with E-state index in [0.29, 0.717) is 11.1 Å². The molecule has 0 aliphatic carbocycles. The van der Waals surface area contributed by atoms with Crippen molar-refractivity contribution in [1.29, 1.82) is 5.26 Å². The van der Waals surface area contributed by atoms with Gasteiger partial charge < -0.3 is 5.11 Å². The second kappa shape index (κ2) is 6.78. The highest BCUT2D eigenvalue weighted by Gasteiger charge is 2.31. The number of aliphatic hydroxyl groups is 1. The van der Waals surface area contributed by atoms with E-state index >= 15 is 0 Å². The summed E-state index contributed by atoms with van der Waals surface area (Å²) in [5.41, 5.74) is -0.269. The normalized spacial score (nSPS) is 12.6. The lowest BCUT2D eigenvalue weighted by Gasteiger charge is -2.23. The molecule has 1 N–H and O–H groups in total. The molecule has 1 unspecified atom stereocenters. The van der Waals surface area contributed by atoms with Gasteiger partial charge in [0.15, 0.2) is 0 Å². The minimum Gasteiger partial charge on any atom is -0.400 e. The Hall–Kier alpha value is -2.25. The molecule has 2 nitrogen and oxygen atoms in total. The van der Waals surface area contributed by atoms with Gasteiger partial charge in [0.05, 0.1) is 6.07 Å². The predicted octanol–water partition coefficient (Wildman–Crippen LogP) is 3.40. The number of benzene rings is 2. The predicted molar refractivity (Wildman–Crippen MR) is 73.0 cm³/mol. The van der Waals surface area contributed by atoms with Crippen LogP contribution in [0.15, 0.2) is 48.5 Å². The van der Waals surface area contributed by atoms with Gasteiger partial charge in [0.2, 0.25) is 0 Å². The molecule has 4 heteroatoms. The number of rotatable bonds is 2. The van der Waals surface area contributed by atoms with Crippen molar-refractivity contribution in [1.82, 2.24) is 0 Å². The first-order chi connectivity index (χ1) is 9.58. The average molecular weight is 275 g/mol. The first kappa shape index (κ1) is 15.8. The highest BCUT2D eigenvalue weighted by atomic mass is 19.1. The molecule has 0 radical (unpaired) electrons. The molecule has 0 saturated heterocycles. The fraction of sp³-hybridized carbons (Fsp3) is 0.188. The molecule has 0 fully saturated rings. The van der Waals surface area contributed by atoms with Crippen molar-refractivity contribution in [2.24, 2.45) is 0 Å². The van der Waals surface area contributed by atoms with E-state index in [1.165, 1.54) is 30.3 Å². The zero-order chi connectivity index (χ0) is 15.2. The van der Waals surface area contributed by atoms with Crippen LogP contribution in [0.25, 0.3) is 0 Å². The van der Waals surface area contributed by atoms with Crippen molar-refractivity contribution < 1.29 is 13.9 Å².